The molecule has 0 unspecified atom stereocenters. The molecule has 0 radical (unpaired) electrons. The Bertz CT molecular complexity index is 252. The standard InChI is InChI=1S/C8H16O5/c1-5(10)7(2,12)8(3,13)6(11)4-9/h6,9,11-13H,4H2,1-3H3/t6-,7+,8+/m1/s1/i1D,2D,3D. The molecular formula is C8H16O5. The van der Waals surface area contributed by atoms with Crippen molar-refractivity contribution >= 4 is 5.78 Å². The summed E-state index contributed by atoms with van der Waals surface area (Å²) in [4.78, 5) is 11.3. The molecule has 0 spiro atoms. The van der Waals surface area contributed by atoms with Gasteiger partial charge in [-0.3, -0.25) is 4.79 Å². The smallest absolute Gasteiger partial charge is 0.164 e. The molecule has 0 aromatic rings. The fourth-order valence-electron chi connectivity index (χ4n) is 0.668. The number of carbonyl (C=O) groups excluding carboxylic acids is 1. The van der Waals surface area contributed by atoms with Gasteiger partial charge in [0.05, 0.1) is 6.61 Å². The second-order valence-electron chi connectivity index (χ2n) is 2.91. The van der Waals surface area contributed by atoms with E-state index in [9.17, 15) is 20.1 Å². The summed E-state index contributed by atoms with van der Waals surface area (Å²) in [6.07, 6.45) is -1.93. The predicted molar refractivity (Wildman–Crippen MR) is 45.0 cm³/mol. The van der Waals surface area contributed by atoms with Crippen LogP contribution in [0.4, 0.5) is 0 Å². The summed E-state index contributed by atoms with van der Waals surface area (Å²) in [5.41, 5.74) is -5.37. The molecule has 0 amide bonds. The van der Waals surface area contributed by atoms with Gasteiger partial charge in [-0.05, 0) is 20.7 Å². The minimum Gasteiger partial charge on any atom is -0.394 e. The van der Waals surface area contributed by atoms with Crippen molar-refractivity contribution in [2.75, 3.05) is 6.61 Å². The van der Waals surface area contributed by atoms with E-state index < -0.39 is 50.4 Å². The third-order valence-electron chi connectivity index (χ3n) is 1.90. The Hall–Kier alpha value is -0.490. The molecule has 0 saturated carbocycles. The van der Waals surface area contributed by atoms with E-state index in [1.54, 1.807) is 0 Å². The molecule has 78 valence electrons. The molecule has 3 atom stereocenters. The van der Waals surface area contributed by atoms with E-state index in [2.05, 4.69) is 0 Å². The van der Waals surface area contributed by atoms with Crippen molar-refractivity contribution in [3.63, 3.8) is 0 Å². The first-order valence-corrected chi connectivity index (χ1v) is 3.48. The third kappa shape index (κ3) is 2.05. The van der Waals surface area contributed by atoms with Crippen LogP contribution in [0.15, 0.2) is 0 Å². The zero-order valence-corrected chi connectivity index (χ0v) is 7.10. The molecule has 0 bridgehead atoms. The maximum absolute atomic E-state index is 11.3. The Balaban J connectivity index is 5.39. The molecule has 5 heteroatoms. The zero-order chi connectivity index (χ0) is 13.0. The monoisotopic (exact) mass is 195 g/mol. The summed E-state index contributed by atoms with van der Waals surface area (Å²) in [6.45, 7) is -3.84. The van der Waals surface area contributed by atoms with Gasteiger partial charge in [0.15, 0.2) is 11.4 Å². The van der Waals surface area contributed by atoms with Gasteiger partial charge in [-0.25, -0.2) is 0 Å². The number of carbonyl (C=O) groups is 1. The van der Waals surface area contributed by atoms with E-state index in [-0.39, 0.29) is 0 Å². The topological polar surface area (TPSA) is 98.0 Å². The van der Waals surface area contributed by atoms with Gasteiger partial charge in [0.25, 0.3) is 0 Å². The van der Waals surface area contributed by atoms with Crippen molar-refractivity contribution in [1.29, 1.82) is 0 Å². The first-order valence-electron chi connectivity index (χ1n) is 5.60. The Labute approximate surface area is 80.8 Å². The normalized spacial score (nSPS) is 26.0. The molecule has 0 aliphatic rings. The van der Waals surface area contributed by atoms with Crippen LogP contribution in [-0.2, 0) is 4.79 Å². The van der Waals surface area contributed by atoms with Crippen LogP contribution in [0.25, 0.3) is 0 Å². The van der Waals surface area contributed by atoms with Crippen molar-refractivity contribution in [1.82, 2.24) is 0 Å². The Kier molecular flexibility index (Phi) is 2.25. The fraction of sp³-hybridized carbons (Fsp3) is 0.875. The van der Waals surface area contributed by atoms with Crippen LogP contribution >= 0.6 is 0 Å². The van der Waals surface area contributed by atoms with E-state index in [0.717, 1.165) is 0 Å². The number of hydrogen-bond acceptors (Lipinski definition) is 5. The minimum absolute atomic E-state index is 0.893. The molecule has 0 aromatic carbocycles. The highest BCUT2D eigenvalue weighted by Gasteiger charge is 2.50. The van der Waals surface area contributed by atoms with Crippen LogP contribution in [-0.4, -0.2) is 50.1 Å². The molecule has 0 aliphatic carbocycles. The third-order valence-corrected chi connectivity index (χ3v) is 1.90. The summed E-state index contributed by atoms with van der Waals surface area (Å²) in [6, 6.07) is 0. The van der Waals surface area contributed by atoms with Gasteiger partial charge in [0.2, 0.25) is 0 Å². The van der Waals surface area contributed by atoms with Crippen molar-refractivity contribution in [3.05, 3.63) is 0 Å². The van der Waals surface area contributed by atoms with Crippen LogP contribution in [0.2, 0.25) is 0 Å². The average Bonchev–Trinajstić information content (AvgIpc) is 2.34. The highest BCUT2D eigenvalue weighted by atomic mass is 16.4. The maximum atomic E-state index is 11.3. The molecule has 4 N–H and O–H groups in total. The number of Topliss-reactive ketones (excluding diaryl/α,β-unsaturated/α-hetero) is 1. The molecule has 0 aliphatic heterocycles. The summed E-state index contributed by atoms with van der Waals surface area (Å²) in [7, 11) is 0. The summed E-state index contributed by atoms with van der Waals surface area (Å²) in [5.74, 6) is -1.18. The molecule has 0 aromatic heterocycles. The number of ketones is 1. The van der Waals surface area contributed by atoms with Crippen molar-refractivity contribution in [2.45, 2.75) is 38.0 Å². The van der Waals surface area contributed by atoms with Gasteiger partial charge < -0.3 is 20.4 Å². The SMILES string of the molecule is [2H]CC(=O)[C@@](O)(C[2H])[C@](O)(C[2H])[C@H](O)CO. The number of rotatable bonds is 4. The van der Waals surface area contributed by atoms with Gasteiger partial charge in [-0.2, -0.15) is 0 Å². The van der Waals surface area contributed by atoms with Gasteiger partial charge >= 0.3 is 0 Å². The van der Waals surface area contributed by atoms with E-state index in [0.29, 0.717) is 0 Å². The van der Waals surface area contributed by atoms with E-state index in [4.69, 9.17) is 9.22 Å². The van der Waals surface area contributed by atoms with E-state index in [1.807, 2.05) is 0 Å². The van der Waals surface area contributed by atoms with Gasteiger partial charge in [-0.15, -0.1) is 0 Å². The van der Waals surface area contributed by atoms with E-state index in [1.165, 1.54) is 0 Å². The first-order chi connectivity index (χ1) is 7.33. The Morgan fingerprint density at radius 1 is 1.54 bits per heavy atom. The lowest BCUT2D eigenvalue weighted by molar-refractivity contribution is -0.195. The molecule has 0 fully saturated rings. The zero-order valence-electron chi connectivity index (χ0n) is 10.1. The van der Waals surface area contributed by atoms with Gasteiger partial charge in [-0.1, -0.05) is 0 Å². The average molecular weight is 195 g/mol. The summed E-state index contributed by atoms with van der Waals surface area (Å²) < 4.78 is 20.9. The number of aliphatic hydroxyl groups excluding tert-OH is 2. The summed E-state index contributed by atoms with van der Waals surface area (Å²) in [5, 5.41) is 37.7. The lowest BCUT2D eigenvalue weighted by atomic mass is 9.79. The van der Waals surface area contributed by atoms with Crippen LogP contribution < -0.4 is 0 Å². The van der Waals surface area contributed by atoms with Crippen LogP contribution in [0.3, 0.4) is 0 Å². The lowest BCUT2D eigenvalue weighted by Crippen LogP contribution is -2.62. The maximum Gasteiger partial charge on any atom is 0.164 e. The quantitative estimate of drug-likeness (QED) is 0.434. The molecule has 0 rings (SSSR count). The van der Waals surface area contributed by atoms with Gasteiger partial charge in [0, 0.05) is 4.11 Å². The van der Waals surface area contributed by atoms with Gasteiger partial charge in [0.1, 0.15) is 11.7 Å². The number of aliphatic hydroxyl groups is 4. The molecule has 5 nitrogen and oxygen atoms in total. The van der Waals surface area contributed by atoms with Crippen LogP contribution in [0.1, 0.15) is 24.8 Å². The number of hydrogen-bond donors (Lipinski definition) is 4. The predicted octanol–water partition coefficient (Wildman–Crippen LogP) is -1.57. The molecular weight excluding hydrogens is 176 g/mol. The summed E-state index contributed by atoms with van der Waals surface area (Å²) >= 11 is 0. The van der Waals surface area contributed by atoms with Crippen molar-refractivity contribution in [2.24, 2.45) is 0 Å². The molecule has 13 heavy (non-hydrogen) atoms. The van der Waals surface area contributed by atoms with Crippen molar-refractivity contribution < 1.29 is 29.3 Å². The fourth-order valence-corrected chi connectivity index (χ4v) is 0.668. The largest absolute Gasteiger partial charge is 0.394 e. The van der Waals surface area contributed by atoms with Crippen molar-refractivity contribution in [3.8, 4) is 0 Å². The lowest BCUT2D eigenvalue weighted by Gasteiger charge is -2.39. The highest BCUT2D eigenvalue weighted by molar-refractivity contribution is 5.85. The molecule has 0 heterocycles. The van der Waals surface area contributed by atoms with E-state index >= 15 is 0 Å². The second-order valence-corrected chi connectivity index (χ2v) is 2.91. The Morgan fingerprint density at radius 3 is 2.46 bits per heavy atom. The van der Waals surface area contributed by atoms with Crippen LogP contribution in [0, 0.1) is 0 Å². The highest BCUT2D eigenvalue weighted by Crippen LogP contribution is 2.26. The first kappa shape index (κ1) is 7.87. The Morgan fingerprint density at radius 2 is 2.15 bits per heavy atom. The minimum atomic E-state index is -2.72. The second kappa shape index (κ2) is 3.71. The molecule has 0 saturated heterocycles. The van der Waals surface area contributed by atoms with Crippen LogP contribution in [0.5, 0.6) is 0 Å².